The Hall–Kier alpha value is -2.22. The van der Waals surface area contributed by atoms with Crippen molar-refractivity contribution in [3.05, 3.63) is 35.4 Å². The third-order valence-corrected chi connectivity index (χ3v) is 7.65. The molecule has 1 aliphatic carbocycles. The summed E-state index contributed by atoms with van der Waals surface area (Å²) in [4.78, 5) is 30.8. The number of hydrogen-bond acceptors (Lipinski definition) is 4. The monoisotopic (exact) mass is 446 g/mol. The van der Waals surface area contributed by atoms with E-state index in [4.69, 9.17) is 0 Å². The van der Waals surface area contributed by atoms with Crippen LogP contribution in [0.25, 0.3) is 0 Å². The molecule has 2 amide bonds. The predicted octanol–water partition coefficient (Wildman–Crippen LogP) is 2.70. The summed E-state index contributed by atoms with van der Waals surface area (Å²) in [5, 5.41) is 7.08. The number of nitrogens with one attached hydrogen (secondary N) is 2. The molecule has 1 aliphatic heterocycles. The van der Waals surface area contributed by atoms with E-state index in [2.05, 4.69) is 15.6 Å². The summed E-state index contributed by atoms with van der Waals surface area (Å²) in [7, 11) is -0.743. The van der Waals surface area contributed by atoms with Crippen LogP contribution in [0.4, 0.5) is 0 Å². The molecule has 1 fully saturated rings. The first kappa shape index (κ1) is 23.4. The number of carbonyl (C=O) groups excluding carboxylic acids is 2. The quantitative estimate of drug-likeness (QED) is 0.263. The summed E-state index contributed by atoms with van der Waals surface area (Å²) in [6.07, 6.45) is 5.64. The van der Waals surface area contributed by atoms with Crippen molar-refractivity contribution < 1.29 is 13.8 Å². The minimum absolute atomic E-state index is 0.199. The molecule has 1 aromatic rings. The van der Waals surface area contributed by atoms with Gasteiger partial charge in [-0.1, -0.05) is 25.5 Å². The lowest BCUT2D eigenvalue weighted by Gasteiger charge is -2.30. The van der Waals surface area contributed by atoms with Crippen molar-refractivity contribution in [2.24, 2.45) is 4.99 Å². The van der Waals surface area contributed by atoms with Crippen molar-refractivity contribution in [1.29, 1.82) is 0 Å². The third-order valence-electron chi connectivity index (χ3n) is 5.91. The number of carbonyl (C=O) groups is 2. The van der Waals surface area contributed by atoms with Crippen LogP contribution < -0.4 is 10.6 Å². The van der Waals surface area contributed by atoms with Gasteiger partial charge in [0.05, 0.1) is 11.1 Å². The molecule has 170 valence electrons. The standard InChI is InChI=1S/C23H34N4O3S/c1-3-24-23(26-17-10-9-11-18(16-17)31(30)4-2)25-14-7-8-15-27-21(28)19-12-5-6-13-20(19)22(27)29/h5-6,12-13,17-18H,3-4,7-11,14-16H2,1-2H3,(H2,24,25,26). The molecule has 3 atom stereocenters. The van der Waals surface area contributed by atoms with Gasteiger partial charge in [0.15, 0.2) is 5.96 Å². The van der Waals surface area contributed by atoms with Gasteiger partial charge in [0, 0.05) is 47.5 Å². The van der Waals surface area contributed by atoms with E-state index in [-0.39, 0.29) is 17.1 Å². The summed E-state index contributed by atoms with van der Waals surface area (Å²) < 4.78 is 12.2. The van der Waals surface area contributed by atoms with Gasteiger partial charge >= 0.3 is 0 Å². The number of unbranched alkanes of at least 4 members (excludes halogenated alkanes) is 1. The number of aliphatic imine (C=N–C) groups is 1. The highest BCUT2D eigenvalue weighted by Gasteiger charge is 2.34. The molecular formula is C23H34N4O3S. The average molecular weight is 447 g/mol. The van der Waals surface area contributed by atoms with E-state index in [1.54, 1.807) is 24.3 Å². The molecule has 1 heterocycles. The molecule has 1 saturated carbocycles. The lowest BCUT2D eigenvalue weighted by atomic mass is 9.95. The van der Waals surface area contributed by atoms with Gasteiger partial charge in [-0.2, -0.15) is 0 Å². The summed E-state index contributed by atoms with van der Waals surface area (Å²) in [5.74, 6) is 1.11. The van der Waals surface area contributed by atoms with E-state index >= 15 is 0 Å². The van der Waals surface area contributed by atoms with Crippen LogP contribution in [-0.4, -0.2) is 63.6 Å². The number of guanidine groups is 1. The highest BCUT2D eigenvalue weighted by Crippen LogP contribution is 2.24. The number of fused-ring (bicyclic) bond motifs is 1. The SMILES string of the molecule is CCNC(=NCCCCN1C(=O)c2ccccc2C1=O)NC1CCCC(S(=O)CC)C1. The summed E-state index contributed by atoms with van der Waals surface area (Å²) in [5.41, 5.74) is 0.998. The molecule has 0 saturated heterocycles. The molecule has 1 aromatic carbocycles. The van der Waals surface area contributed by atoms with E-state index in [1.165, 1.54) is 4.90 Å². The summed E-state index contributed by atoms with van der Waals surface area (Å²) >= 11 is 0. The maximum atomic E-state index is 12.4. The van der Waals surface area contributed by atoms with Crippen molar-refractivity contribution in [3.63, 3.8) is 0 Å². The van der Waals surface area contributed by atoms with Crippen LogP contribution >= 0.6 is 0 Å². The molecule has 2 N–H and O–H groups in total. The first-order valence-electron chi connectivity index (χ1n) is 11.4. The van der Waals surface area contributed by atoms with Gasteiger partial charge in [0.1, 0.15) is 0 Å². The van der Waals surface area contributed by atoms with Gasteiger partial charge in [-0.3, -0.25) is 23.7 Å². The molecule has 3 rings (SSSR count). The zero-order valence-corrected chi connectivity index (χ0v) is 19.4. The fourth-order valence-corrected chi connectivity index (χ4v) is 5.63. The number of rotatable bonds is 9. The maximum Gasteiger partial charge on any atom is 0.261 e. The molecular weight excluding hydrogens is 412 g/mol. The second kappa shape index (κ2) is 11.4. The first-order valence-corrected chi connectivity index (χ1v) is 12.8. The van der Waals surface area contributed by atoms with E-state index < -0.39 is 10.8 Å². The predicted molar refractivity (Wildman–Crippen MR) is 125 cm³/mol. The van der Waals surface area contributed by atoms with Crippen LogP contribution in [0.15, 0.2) is 29.3 Å². The van der Waals surface area contributed by atoms with Crippen molar-refractivity contribution in [1.82, 2.24) is 15.5 Å². The minimum Gasteiger partial charge on any atom is -0.357 e. The minimum atomic E-state index is -0.743. The third kappa shape index (κ3) is 5.93. The van der Waals surface area contributed by atoms with Crippen LogP contribution in [0, 0.1) is 0 Å². The second-order valence-electron chi connectivity index (χ2n) is 8.07. The molecule has 0 aromatic heterocycles. The Morgan fingerprint density at radius 2 is 1.84 bits per heavy atom. The van der Waals surface area contributed by atoms with Gasteiger partial charge in [0.25, 0.3) is 11.8 Å². The fraction of sp³-hybridized carbons (Fsp3) is 0.609. The average Bonchev–Trinajstić information content (AvgIpc) is 3.03. The van der Waals surface area contributed by atoms with Gasteiger partial charge in [-0.05, 0) is 51.2 Å². The smallest absolute Gasteiger partial charge is 0.261 e. The van der Waals surface area contributed by atoms with E-state index in [9.17, 15) is 13.8 Å². The summed E-state index contributed by atoms with van der Waals surface area (Å²) in [6, 6.07) is 7.28. The van der Waals surface area contributed by atoms with Crippen molar-refractivity contribution in [2.45, 2.75) is 63.7 Å². The first-order chi connectivity index (χ1) is 15.0. The van der Waals surface area contributed by atoms with Gasteiger partial charge in [0.2, 0.25) is 0 Å². The number of imide groups is 1. The molecule has 7 nitrogen and oxygen atoms in total. The molecule has 31 heavy (non-hydrogen) atoms. The van der Waals surface area contributed by atoms with Crippen LogP contribution in [0.3, 0.4) is 0 Å². The maximum absolute atomic E-state index is 12.4. The topological polar surface area (TPSA) is 90.9 Å². The zero-order valence-electron chi connectivity index (χ0n) is 18.6. The van der Waals surface area contributed by atoms with Crippen LogP contribution in [0.5, 0.6) is 0 Å². The van der Waals surface area contributed by atoms with Crippen molar-refractivity contribution >= 4 is 28.6 Å². The van der Waals surface area contributed by atoms with Crippen LogP contribution in [0.1, 0.15) is 73.1 Å². The van der Waals surface area contributed by atoms with Crippen LogP contribution in [0.2, 0.25) is 0 Å². The van der Waals surface area contributed by atoms with E-state index in [0.29, 0.717) is 30.3 Å². The number of hydrogen-bond donors (Lipinski definition) is 2. The van der Waals surface area contributed by atoms with Crippen LogP contribution in [-0.2, 0) is 10.8 Å². The Morgan fingerprint density at radius 3 is 2.48 bits per heavy atom. The van der Waals surface area contributed by atoms with Crippen molar-refractivity contribution in [3.8, 4) is 0 Å². The Morgan fingerprint density at radius 1 is 1.13 bits per heavy atom. The van der Waals surface area contributed by atoms with Gasteiger partial charge in [-0.15, -0.1) is 0 Å². The van der Waals surface area contributed by atoms with Crippen molar-refractivity contribution in [2.75, 3.05) is 25.4 Å². The zero-order chi connectivity index (χ0) is 22.2. The lowest BCUT2D eigenvalue weighted by molar-refractivity contribution is 0.0652. The largest absolute Gasteiger partial charge is 0.357 e. The molecule has 0 bridgehead atoms. The number of benzene rings is 1. The highest BCUT2D eigenvalue weighted by molar-refractivity contribution is 7.85. The fourth-order valence-electron chi connectivity index (χ4n) is 4.28. The van der Waals surface area contributed by atoms with E-state index in [1.807, 2.05) is 13.8 Å². The molecule has 0 radical (unpaired) electrons. The molecule has 2 aliphatic rings. The molecule has 8 heteroatoms. The number of nitrogens with zero attached hydrogens (tertiary/aromatic N) is 2. The Labute approximate surface area is 187 Å². The van der Waals surface area contributed by atoms with Gasteiger partial charge < -0.3 is 10.6 Å². The lowest BCUT2D eigenvalue weighted by Crippen LogP contribution is -2.46. The van der Waals surface area contributed by atoms with E-state index in [0.717, 1.165) is 56.8 Å². The Kier molecular flexibility index (Phi) is 8.63. The highest BCUT2D eigenvalue weighted by atomic mass is 32.2. The summed E-state index contributed by atoms with van der Waals surface area (Å²) in [6.45, 7) is 5.84. The Balaban J connectivity index is 1.45. The molecule has 3 unspecified atom stereocenters. The normalized spacial score (nSPS) is 22.4. The van der Waals surface area contributed by atoms with Gasteiger partial charge in [-0.25, -0.2) is 0 Å². The molecule has 0 spiro atoms. The number of amides is 2. The second-order valence-corrected chi connectivity index (χ2v) is 10.1. The Bertz CT molecular complexity index is 807.